The van der Waals surface area contributed by atoms with Crippen LogP contribution in [0.2, 0.25) is 0 Å². The smallest absolute Gasteiger partial charge is 0.0845 e. The normalized spacial score (nSPS) is 33.1. The molecule has 2 heterocycles. The van der Waals surface area contributed by atoms with Gasteiger partial charge in [-0.2, -0.15) is 0 Å². The van der Waals surface area contributed by atoms with Crippen molar-refractivity contribution in [3.05, 3.63) is 35.4 Å². The van der Waals surface area contributed by atoms with Crippen molar-refractivity contribution in [2.24, 2.45) is 0 Å². The molecule has 2 aliphatic rings. The van der Waals surface area contributed by atoms with Crippen LogP contribution in [0, 0.1) is 0 Å². The van der Waals surface area contributed by atoms with E-state index < -0.39 is 12.2 Å². The van der Waals surface area contributed by atoms with Crippen LogP contribution in [-0.2, 0) is 13.0 Å². The number of aliphatic hydroxyl groups excluding tert-OH is 2. The number of piperidine rings is 1. The number of hydrogen-bond acceptors (Lipinski definition) is 4. The van der Waals surface area contributed by atoms with Crippen molar-refractivity contribution in [3.8, 4) is 0 Å². The number of fused-ring (bicyclic) bond motifs is 1. The highest BCUT2D eigenvalue weighted by Gasteiger charge is 2.36. The first-order chi connectivity index (χ1) is 8.75. The molecule has 3 rings (SSSR count). The minimum absolute atomic E-state index is 0.139. The predicted octanol–water partition coefficient (Wildman–Crippen LogP) is -0.262. The minimum Gasteiger partial charge on any atom is -0.390 e. The predicted molar refractivity (Wildman–Crippen MR) is 69.2 cm³/mol. The van der Waals surface area contributed by atoms with Crippen molar-refractivity contribution < 1.29 is 10.2 Å². The van der Waals surface area contributed by atoms with Crippen LogP contribution >= 0.6 is 0 Å². The maximum absolute atomic E-state index is 10.1. The minimum atomic E-state index is -0.487. The summed E-state index contributed by atoms with van der Waals surface area (Å²) in [7, 11) is 0. The molecule has 1 aromatic carbocycles. The number of aliphatic hydroxyl groups is 2. The number of rotatable bonds is 1. The Hall–Kier alpha value is -0.940. The Bertz CT molecular complexity index is 414. The Morgan fingerprint density at radius 3 is 2.44 bits per heavy atom. The molecule has 4 heteroatoms. The Labute approximate surface area is 107 Å². The monoisotopic (exact) mass is 248 g/mol. The van der Waals surface area contributed by atoms with Gasteiger partial charge in [-0.15, -0.1) is 0 Å². The van der Waals surface area contributed by atoms with Gasteiger partial charge in [-0.3, -0.25) is 4.90 Å². The summed E-state index contributed by atoms with van der Waals surface area (Å²) >= 11 is 0. The van der Waals surface area contributed by atoms with E-state index in [1.54, 1.807) is 0 Å². The third-order valence-electron chi connectivity index (χ3n) is 4.08. The molecule has 98 valence electrons. The molecule has 18 heavy (non-hydrogen) atoms. The zero-order valence-corrected chi connectivity index (χ0v) is 10.4. The van der Waals surface area contributed by atoms with Crippen LogP contribution in [0.5, 0.6) is 0 Å². The van der Waals surface area contributed by atoms with Gasteiger partial charge in [0.15, 0.2) is 0 Å². The lowest BCUT2D eigenvalue weighted by atomic mass is 9.93. The highest BCUT2D eigenvalue weighted by atomic mass is 16.3. The van der Waals surface area contributed by atoms with Gasteiger partial charge < -0.3 is 15.5 Å². The van der Waals surface area contributed by atoms with E-state index in [9.17, 15) is 10.2 Å². The summed E-state index contributed by atoms with van der Waals surface area (Å²) < 4.78 is 0. The van der Waals surface area contributed by atoms with Crippen LogP contribution in [-0.4, -0.2) is 53.0 Å². The summed E-state index contributed by atoms with van der Waals surface area (Å²) in [6.45, 7) is 2.88. The molecule has 1 unspecified atom stereocenters. The molecule has 1 aromatic rings. The summed E-state index contributed by atoms with van der Waals surface area (Å²) in [6.07, 6.45) is 0.0255. The van der Waals surface area contributed by atoms with Gasteiger partial charge in [0.05, 0.1) is 18.2 Å². The zero-order chi connectivity index (χ0) is 12.5. The molecular weight excluding hydrogens is 228 g/mol. The molecule has 0 bridgehead atoms. The number of nitrogens with one attached hydrogen (secondary N) is 1. The van der Waals surface area contributed by atoms with E-state index in [-0.39, 0.29) is 6.04 Å². The fraction of sp³-hybridized carbons (Fsp3) is 0.571. The molecule has 4 nitrogen and oxygen atoms in total. The standard InChI is InChI=1S/C14H20N2O2/c17-12-7-15-8-13(18)14(12)16-6-5-10-3-1-2-4-11(10)9-16/h1-4,12-15,17-18H,5-9H2/t12-,13+,14?. The topological polar surface area (TPSA) is 55.7 Å². The van der Waals surface area contributed by atoms with E-state index in [1.807, 2.05) is 0 Å². The molecular formula is C14H20N2O2. The molecule has 1 fully saturated rings. The maximum Gasteiger partial charge on any atom is 0.0845 e. The van der Waals surface area contributed by atoms with Crippen LogP contribution < -0.4 is 5.32 Å². The summed E-state index contributed by atoms with van der Waals surface area (Å²) in [5, 5.41) is 23.2. The maximum atomic E-state index is 10.1. The molecule has 0 amide bonds. The van der Waals surface area contributed by atoms with Gasteiger partial charge in [0.2, 0.25) is 0 Å². The summed E-state index contributed by atoms with van der Waals surface area (Å²) in [4.78, 5) is 2.22. The van der Waals surface area contributed by atoms with Crippen LogP contribution in [0.25, 0.3) is 0 Å². The molecule has 2 aliphatic heterocycles. The van der Waals surface area contributed by atoms with Gasteiger partial charge in [0.1, 0.15) is 0 Å². The number of benzene rings is 1. The van der Waals surface area contributed by atoms with Crippen molar-refractivity contribution in [2.45, 2.75) is 31.2 Å². The van der Waals surface area contributed by atoms with Crippen molar-refractivity contribution in [1.29, 1.82) is 0 Å². The first-order valence-electron chi connectivity index (χ1n) is 6.63. The van der Waals surface area contributed by atoms with Gasteiger partial charge >= 0.3 is 0 Å². The Morgan fingerprint density at radius 1 is 1.06 bits per heavy atom. The van der Waals surface area contributed by atoms with Gasteiger partial charge in [0, 0.05) is 26.2 Å². The number of β-amino-alcohol motifs (C(OH)–C–C–N with tert-alkyl or cyclic N) is 2. The average molecular weight is 248 g/mol. The molecule has 0 aliphatic carbocycles. The van der Waals surface area contributed by atoms with Crippen LogP contribution in [0.3, 0.4) is 0 Å². The van der Waals surface area contributed by atoms with E-state index >= 15 is 0 Å². The highest BCUT2D eigenvalue weighted by molar-refractivity contribution is 5.29. The first-order valence-corrected chi connectivity index (χ1v) is 6.63. The van der Waals surface area contributed by atoms with Gasteiger partial charge in [-0.05, 0) is 17.5 Å². The van der Waals surface area contributed by atoms with Gasteiger partial charge in [-0.1, -0.05) is 24.3 Å². The van der Waals surface area contributed by atoms with E-state index in [2.05, 4.69) is 34.5 Å². The van der Waals surface area contributed by atoms with Crippen molar-refractivity contribution >= 4 is 0 Å². The summed E-state index contributed by atoms with van der Waals surface area (Å²) in [6, 6.07) is 8.29. The van der Waals surface area contributed by atoms with Crippen LogP contribution in [0.4, 0.5) is 0 Å². The van der Waals surface area contributed by atoms with Gasteiger partial charge in [0.25, 0.3) is 0 Å². The molecule has 3 atom stereocenters. The second-order valence-corrected chi connectivity index (χ2v) is 5.27. The zero-order valence-electron chi connectivity index (χ0n) is 10.4. The van der Waals surface area contributed by atoms with E-state index in [1.165, 1.54) is 11.1 Å². The SMILES string of the molecule is O[C@@H]1CNC[C@H](O)C1N1CCc2ccccc2C1. The van der Waals surface area contributed by atoms with E-state index in [4.69, 9.17) is 0 Å². The Kier molecular flexibility index (Phi) is 3.35. The Balaban J connectivity index is 1.78. The molecule has 0 saturated carbocycles. The van der Waals surface area contributed by atoms with Crippen molar-refractivity contribution in [1.82, 2.24) is 10.2 Å². The first kappa shape index (κ1) is 12.1. The van der Waals surface area contributed by atoms with Gasteiger partial charge in [-0.25, -0.2) is 0 Å². The lowest BCUT2D eigenvalue weighted by Gasteiger charge is -2.43. The third kappa shape index (κ3) is 2.17. The molecule has 0 spiro atoms. The lowest BCUT2D eigenvalue weighted by molar-refractivity contribution is -0.0515. The van der Waals surface area contributed by atoms with E-state index in [0.29, 0.717) is 13.1 Å². The van der Waals surface area contributed by atoms with Crippen molar-refractivity contribution in [3.63, 3.8) is 0 Å². The fourth-order valence-corrected chi connectivity index (χ4v) is 3.14. The number of hydrogen-bond donors (Lipinski definition) is 3. The quantitative estimate of drug-likeness (QED) is 0.641. The molecule has 1 saturated heterocycles. The largest absolute Gasteiger partial charge is 0.390 e. The van der Waals surface area contributed by atoms with E-state index in [0.717, 1.165) is 19.5 Å². The van der Waals surface area contributed by atoms with Crippen LogP contribution in [0.15, 0.2) is 24.3 Å². The molecule has 0 aromatic heterocycles. The second-order valence-electron chi connectivity index (χ2n) is 5.27. The average Bonchev–Trinajstić information content (AvgIpc) is 2.38. The molecule has 3 N–H and O–H groups in total. The molecule has 0 radical (unpaired) electrons. The Morgan fingerprint density at radius 2 is 1.72 bits per heavy atom. The summed E-state index contributed by atoms with van der Waals surface area (Å²) in [5.74, 6) is 0. The number of nitrogens with zero attached hydrogens (tertiary/aromatic N) is 1. The highest BCUT2D eigenvalue weighted by Crippen LogP contribution is 2.23. The third-order valence-corrected chi connectivity index (χ3v) is 4.08. The second kappa shape index (κ2) is 4.97. The lowest BCUT2D eigenvalue weighted by Crippen LogP contribution is -2.61. The van der Waals surface area contributed by atoms with Crippen molar-refractivity contribution in [2.75, 3.05) is 19.6 Å². The fourth-order valence-electron chi connectivity index (χ4n) is 3.14. The van der Waals surface area contributed by atoms with Crippen LogP contribution in [0.1, 0.15) is 11.1 Å². The summed E-state index contributed by atoms with van der Waals surface area (Å²) in [5.41, 5.74) is 2.72.